The Morgan fingerprint density at radius 1 is 0.769 bits per heavy atom. The number of aldehydes is 1. The van der Waals surface area contributed by atoms with Crippen LogP contribution in [0.1, 0.15) is 96.8 Å². The van der Waals surface area contributed by atoms with Crippen LogP contribution in [0.4, 0.5) is 0 Å². The Morgan fingerprint density at radius 3 is 1.77 bits per heavy atom. The van der Waals surface area contributed by atoms with Crippen LogP contribution in [0.2, 0.25) is 0 Å². The monoisotopic (exact) mass is 374 g/mol. The average molecular weight is 375 g/mol. The zero-order valence-corrected chi connectivity index (χ0v) is 17.6. The molecular weight excluding hydrogens is 336 g/mol. The van der Waals surface area contributed by atoms with Gasteiger partial charge >= 0.3 is 0 Å². The van der Waals surface area contributed by atoms with Crippen LogP contribution >= 0.6 is 11.8 Å². The molecule has 0 saturated heterocycles. The Labute approximate surface area is 166 Å². The molecule has 0 unspecified atom stereocenters. The molecule has 0 aliphatic heterocycles. The molecule has 0 amide bonds. The summed E-state index contributed by atoms with van der Waals surface area (Å²) >= 11 is 1.73. The number of thioether (sulfide) groups is 1. The molecule has 1 nitrogen and oxygen atoms in total. The highest BCUT2D eigenvalue weighted by atomic mass is 32.2. The summed E-state index contributed by atoms with van der Waals surface area (Å²) in [7, 11) is 0. The van der Waals surface area contributed by atoms with E-state index in [0.717, 1.165) is 12.7 Å². The standard InChI is InChI=1S/C24H38OS/c1-2-3-4-5-6-7-8-9-10-11-12-13-15-20-24(21-22-25)26-23-18-16-14-17-19-23/h14,16-19,21-22H,2-13,15,20H2,1H3/b24-21+. The number of rotatable bonds is 17. The molecule has 0 aromatic heterocycles. The largest absolute Gasteiger partial charge is 0.299 e. The number of unbranched alkanes of at least 4 members (excludes halogenated alkanes) is 12. The van der Waals surface area contributed by atoms with E-state index in [1.807, 2.05) is 18.2 Å². The van der Waals surface area contributed by atoms with Crippen LogP contribution in [0.3, 0.4) is 0 Å². The van der Waals surface area contributed by atoms with Gasteiger partial charge in [-0.15, -0.1) is 0 Å². The number of hydrogen-bond donors (Lipinski definition) is 0. The number of carbonyl (C=O) groups excluding carboxylic acids is 1. The minimum atomic E-state index is 0.924. The average Bonchev–Trinajstić information content (AvgIpc) is 2.66. The first-order chi connectivity index (χ1) is 12.9. The first-order valence-corrected chi connectivity index (χ1v) is 11.6. The van der Waals surface area contributed by atoms with E-state index in [1.165, 1.54) is 93.3 Å². The lowest BCUT2D eigenvalue weighted by molar-refractivity contribution is -0.104. The maximum Gasteiger partial charge on any atom is 0.143 e. The Morgan fingerprint density at radius 2 is 1.27 bits per heavy atom. The predicted molar refractivity (Wildman–Crippen MR) is 117 cm³/mol. The minimum Gasteiger partial charge on any atom is -0.299 e. The topological polar surface area (TPSA) is 17.1 Å². The summed E-state index contributed by atoms with van der Waals surface area (Å²) in [5.41, 5.74) is 0. The summed E-state index contributed by atoms with van der Waals surface area (Å²) in [6.07, 6.45) is 21.6. The molecule has 1 rings (SSSR count). The van der Waals surface area contributed by atoms with E-state index in [1.54, 1.807) is 17.8 Å². The summed E-state index contributed by atoms with van der Waals surface area (Å²) in [5, 5.41) is 0. The highest BCUT2D eigenvalue weighted by Crippen LogP contribution is 2.29. The lowest BCUT2D eigenvalue weighted by Crippen LogP contribution is -1.85. The number of allylic oxidation sites excluding steroid dienone is 2. The Bertz CT molecular complexity index is 466. The van der Waals surface area contributed by atoms with Crippen molar-refractivity contribution in [3.05, 3.63) is 41.3 Å². The molecule has 0 spiro atoms. The minimum absolute atomic E-state index is 0.924. The molecule has 0 heterocycles. The highest BCUT2D eigenvalue weighted by molar-refractivity contribution is 8.03. The van der Waals surface area contributed by atoms with Crippen molar-refractivity contribution in [1.29, 1.82) is 0 Å². The first-order valence-electron chi connectivity index (χ1n) is 10.7. The Kier molecular flexibility index (Phi) is 15.4. The van der Waals surface area contributed by atoms with Crippen molar-refractivity contribution in [3.8, 4) is 0 Å². The fourth-order valence-corrected chi connectivity index (χ4v) is 4.17. The number of hydrogen-bond acceptors (Lipinski definition) is 2. The van der Waals surface area contributed by atoms with Gasteiger partial charge in [0, 0.05) is 4.90 Å². The van der Waals surface area contributed by atoms with Gasteiger partial charge in [0.05, 0.1) is 0 Å². The lowest BCUT2D eigenvalue weighted by Gasteiger charge is -2.07. The third-order valence-electron chi connectivity index (χ3n) is 4.77. The second-order valence-electron chi connectivity index (χ2n) is 7.18. The third kappa shape index (κ3) is 13.2. The summed E-state index contributed by atoms with van der Waals surface area (Å²) < 4.78 is 0. The second-order valence-corrected chi connectivity index (χ2v) is 8.38. The molecule has 0 fully saturated rings. The van der Waals surface area contributed by atoms with Gasteiger partial charge in [-0.3, -0.25) is 4.79 Å². The second kappa shape index (κ2) is 17.4. The fraction of sp³-hybridized carbons (Fsp3) is 0.625. The van der Waals surface area contributed by atoms with E-state index in [2.05, 4.69) is 19.1 Å². The van der Waals surface area contributed by atoms with Crippen LogP contribution in [0, 0.1) is 0 Å². The molecule has 0 saturated carbocycles. The van der Waals surface area contributed by atoms with Crippen LogP contribution in [-0.2, 0) is 4.79 Å². The van der Waals surface area contributed by atoms with Crippen molar-refractivity contribution in [3.63, 3.8) is 0 Å². The zero-order chi connectivity index (χ0) is 18.7. The molecule has 1 aromatic carbocycles. The van der Waals surface area contributed by atoms with Crippen molar-refractivity contribution in [2.24, 2.45) is 0 Å². The number of carbonyl (C=O) groups is 1. The Balaban J connectivity index is 1.96. The summed E-state index contributed by atoms with van der Waals surface area (Å²) in [6, 6.07) is 10.3. The van der Waals surface area contributed by atoms with Gasteiger partial charge < -0.3 is 0 Å². The lowest BCUT2D eigenvalue weighted by atomic mass is 10.0. The van der Waals surface area contributed by atoms with E-state index in [9.17, 15) is 4.79 Å². The zero-order valence-electron chi connectivity index (χ0n) is 16.8. The van der Waals surface area contributed by atoms with Gasteiger partial charge in [-0.25, -0.2) is 0 Å². The maximum absolute atomic E-state index is 10.8. The van der Waals surface area contributed by atoms with Crippen molar-refractivity contribution in [2.45, 2.75) is 102 Å². The first kappa shape index (κ1) is 23.0. The quantitative estimate of drug-likeness (QED) is 0.118. The summed E-state index contributed by atoms with van der Waals surface area (Å²) in [5.74, 6) is 0. The van der Waals surface area contributed by atoms with Crippen molar-refractivity contribution < 1.29 is 4.79 Å². The van der Waals surface area contributed by atoms with Crippen LogP contribution in [0.5, 0.6) is 0 Å². The molecule has 0 radical (unpaired) electrons. The van der Waals surface area contributed by atoms with E-state index >= 15 is 0 Å². The molecule has 0 N–H and O–H groups in total. The van der Waals surface area contributed by atoms with Gasteiger partial charge in [0.15, 0.2) is 0 Å². The van der Waals surface area contributed by atoms with E-state index < -0.39 is 0 Å². The summed E-state index contributed by atoms with van der Waals surface area (Å²) in [6.45, 7) is 2.28. The van der Waals surface area contributed by atoms with E-state index in [4.69, 9.17) is 0 Å². The van der Waals surface area contributed by atoms with Crippen molar-refractivity contribution in [2.75, 3.05) is 0 Å². The van der Waals surface area contributed by atoms with Gasteiger partial charge in [0.25, 0.3) is 0 Å². The molecule has 146 valence electrons. The third-order valence-corrected chi connectivity index (χ3v) is 5.88. The van der Waals surface area contributed by atoms with Gasteiger partial charge in [-0.2, -0.15) is 0 Å². The van der Waals surface area contributed by atoms with E-state index in [0.29, 0.717) is 0 Å². The predicted octanol–water partition coefficient (Wildman–Crippen LogP) is 8.34. The Hall–Kier alpha value is -1.02. The molecule has 26 heavy (non-hydrogen) atoms. The molecule has 0 bridgehead atoms. The van der Waals surface area contributed by atoms with Crippen LogP contribution in [-0.4, -0.2) is 6.29 Å². The van der Waals surface area contributed by atoms with E-state index in [-0.39, 0.29) is 0 Å². The fourth-order valence-electron chi connectivity index (χ4n) is 3.20. The maximum atomic E-state index is 10.8. The van der Waals surface area contributed by atoms with Crippen molar-refractivity contribution in [1.82, 2.24) is 0 Å². The van der Waals surface area contributed by atoms with Crippen LogP contribution in [0.15, 0.2) is 46.2 Å². The molecule has 2 heteroatoms. The van der Waals surface area contributed by atoms with Gasteiger partial charge in [-0.05, 0) is 36.0 Å². The van der Waals surface area contributed by atoms with Crippen molar-refractivity contribution >= 4 is 18.0 Å². The molecule has 1 aromatic rings. The highest BCUT2D eigenvalue weighted by Gasteiger charge is 2.01. The molecule has 0 atom stereocenters. The SMILES string of the molecule is CCCCCCCCCCCCCCC/C(=C\C=O)Sc1ccccc1. The molecular formula is C24H38OS. The van der Waals surface area contributed by atoms with Crippen LogP contribution < -0.4 is 0 Å². The van der Waals surface area contributed by atoms with Crippen LogP contribution in [0.25, 0.3) is 0 Å². The van der Waals surface area contributed by atoms with Gasteiger partial charge in [-0.1, -0.05) is 114 Å². The van der Waals surface area contributed by atoms with Gasteiger partial charge in [0.1, 0.15) is 6.29 Å². The van der Waals surface area contributed by atoms with Gasteiger partial charge in [0.2, 0.25) is 0 Å². The number of benzene rings is 1. The summed E-state index contributed by atoms with van der Waals surface area (Å²) in [4.78, 5) is 13.3. The molecule has 0 aliphatic carbocycles. The molecule has 0 aliphatic rings. The normalized spacial score (nSPS) is 11.7. The smallest absolute Gasteiger partial charge is 0.143 e.